The van der Waals surface area contributed by atoms with Crippen molar-refractivity contribution in [3.05, 3.63) is 70.2 Å². The molecule has 4 amide bonds. The molecule has 0 spiro atoms. The third-order valence-electron chi connectivity index (χ3n) is 7.07. The molecule has 1 atom stereocenters. The largest absolute Gasteiger partial charge is 0.352 e. The molecule has 0 bridgehead atoms. The van der Waals surface area contributed by atoms with E-state index in [-0.39, 0.29) is 49.2 Å². The number of fused-ring (bicyclic) bond motifs is 1. The van der Waals surface area contributed by atoms with Crippen LogP contribution in [-0.4, -0.2) is 52.1 Å². The van der Waals surface area contributed by atoms with Crippen molar-refractivity contribution >= 4 is 35.2 Å². The van der Waals surface area contributed by atoms with Gasteiger partial charge in [-0.3, -0.25) is 24.1 Å². The standard InChI is InChI=1S/C28H32ClN3O4/c1-19(26(34)30-21-11-3-2-4-12-21)32(18-20-10-5-8-15-24(20)29)25(33)16-9-17-31-27(35)22-13-6-7-14-23(22)28(31)36/h5-8,10,13-15,19,21H,2-4,9,11-12,16-18H2,1H3,(H,30,34)/t19-/m0/s1. The number of nitrogens with one attached hydrogen (secondary N) is 1. The first-order valence-electron chi connectivity index (χ1n) is 12.6. The van der Waals surface area contributed by atoms with Crippen molar-refractivity contribution in [2.75, 3.05) is 6.54 Å². The van der Waals surface area contributed by atoms with Crippen LogP contribution in [0.3, 0.4) is 0 Å². The molecular weight excluding hydrogens is 478 g/mol. The molecule has 7 nitrogen and oxygen atoms in total. The topological polar surface area (TPSA) is 86.8 Å². The number of imide groups is 1. The summed E-state index contributed by atoms with van der Waals surface area (Å²) in [6, 6.07) is 13.4. The van der Waals surface area contributed by atoms with Crippen molar-refractivity contribution in [1.29, 1.82) is 0 Å². The summed E-state index contributed by atoms with van der Waals surface area (Å²) >= 11 is 6.36. The van der Waals surface area contributed by atoms with Crippen LogP contribution in [0.4, 0.5) is 0 Å². The van der Waals surface area contributed by atoms with Crippen LogP contribution < -0.4 is 5.32 Å². The van der Waals surface area contributed by atoms with Crippen molar-refractivity contribution in [3.8, 4) is 0 Å². The lowest BCUT2D eigenvalue weighted by molar-refractivity contribution is -0.141. The van der Waals surface area contributed by atoms with Crippen molar-refractivity contribution in [3.63, 3.8) is 0 Å². The van der Waals surface area contributed by atoms with E-state index in [2.05, 4.69) is 5.32 Å². The predicted molar refractivity (Wildman–Crippen MR) is 138 cm³/mol. The summed E-state index contributed by atoms with van der Waals surface area (Å²) in [5.74, 6) is -1.08. The summed E-state index contributed by atoms with van der Waals surface area (Å²) in [5.41, 5.74) is 1.54. The van der Waals surface area contributed by atoms with E-state index < -0.39 is 6.04 Å². The second kappa shape index (κ2) is 11.7. The van der Waals surface area contributed by atoms with Crippen molar-refractivity contribution < 1.29 is 19.2 Å². The number of carbonyl (C=O) groups excluding carboxylic acids is 4. The van der Waals surface area contributed by atoms with E-state index in [4.69, 9.17) is 11.6 Å². The van der Waals surface area contributed by atoms with Crippen LogP contribution in [0.2, 0.25) is 5.02 Å². The second-order valence-corrected chi connectivity index (χ2v) is 9.95. The summed E-state index contributed by atoms with van der Waals surface area (Å²) in [7, 11) is 0. The van der Waals surface area contributed by atoms with E-state index in [9.17, 15) is 19.2 Å². The Bertz CT molecular complexity index is 1110. The van der Waals surface area contributed by atoms with Gasteiger partial charge in [-0.15, -0.1) is 0 Å². The third kappa shape index (κ3) is 5.78. The van der Waals surface area contributed by atoms with Gasteiger partial charge >= 0.3 is 0 Å². The van der Waals surface area contributed by atoms with Gasteiger partial charge in [-0.25, -0.2) is 0 Å². The Morgan fingerprint density at radius 1 is 1.00 bits per heavy atom. The number of nitrogens with zero attached hydrogens (tertiary/aromatic N) is 2. The number of amides is 4. The fraction of sp³-hybridized carbons (Fsp3) is 0.429. The van der Waals surface area contributed by atoms with E-state index in [1.165, 1.54) is 11.3 Å². The lowest BCUT2D eigenvalue weighted by atomic mass is 9.95. The molecule has 8 heteroatoms. The molecule has 1 N–H and O–H groups in total. The molecule has 1 heterocycles. The summed E-state index contributed by atoms with van der Waals surface area (Å²) in [4.78, 5) is 54.4. The van der Waals surface area contributed by atoms with E-state index >= 15 is 0 Å². The van der Waals surface area contributed by atoms with Crippen LogP contribution in [0.5, 0.6) is 0 Å². The number of halogens is 1. The van der Waals surface area contributed by atoms with Crippen molar-refractivity contribution in [2.24, 2.45) is 0 Å². The zero-order valence-electron chi connectivity index (χ0n) is 20.5. The highest BCUT2D eigenvalue weighted by Crippen LogP contribution is 2.24. The number of rotatable bonds is 9. The maximum absolute atomic E-state index is 13.4. The molecule has 190 valence electrons. The normalized spacial score (nSPS) is 16.6. The molecule has 0 aromatic heterocycles. The molecule has 0 radical (unpaired) electrons. The molecule has 4 rings (SSSR count). The maximum Gasteiger partial charge on any atom is 0.261 e. The first-order valence-corrected chi connectivity index (χ1v) is 13.0. The Morgan fingerprint density at radius 2 is 1.61 bits per heavy atom. The fourth-order valence-corrected chi connectivity index (χ4v) is 5.13. The minimum absolute atomic E-state index is 0.0961. The van der Waals surface area contributed by atoms with Crippen LogP contribution in [0.15, 0.2) is 48.5 Å². The molecule has 2 aromatic rings. The summed E-state index contributed by atoms with van der Waals surface area (Å²) in [5, 5.41) is 3.64. The van der Waals surface area contributed by atoms with Gasteiger partial charge in [-0.05, 0) is 49.9 Å². The smallest absolute Gasteiger partial charge is 0.261 e. The molecule has 0 unspecified atom stereocenters. The van der Waals surface area contributed by atoms with Crippen LogP contribution in [0.1, 0.15) is 78.1 Å². The first kappa shape index (κ1) is 25.9. The maximum atomic E-state index is 13.4. The number of carbonyl (C=O) groups is 4. The van der Waals surface area contributed by atoms with Crippen molar-refractivity contribution in [1.82, 2.24) is 15.1 Å². The summed E-state index contributed by atoms with van der Waals surface area (Å²) in [6.45, 7) is 2.07. The van der Waals surface area contributed by atoms with Crippen LogP contribution in [0.25, 0.3) is 0 Å². The minimum atomic E-state index is -0.685. The zero-order valence-corrected chi connectivity index (χ0v) is 21.3. The second-order valence-electron chi connectivity index (χ2n) is 9.54. The Balaban J connectivity index is 1.41. The molecule has 1 aliphatic heterocycles. The molecule has 2 aromatic carbocycles. The highest BCUT2D eigenvalue weighted by Gasteiger charge is 2.35. The third-order valence-corrected chi connectivity index (χ3v) is 7.44. The quantitative estimate of drug-likeness (QED) is 0.501. The van der Waals surface area contributed by atoms with Gasteiger partial charge in [0.2, 0.25) is 11.8 Å². The Hall–Kier alpha value is -3.19. The molecule has 0 saturated heterocycles. The lowest BCUT2D eigenvalue weighted by Gasteiger charge is -2.31. The molecule has 36 heavy (non-hydrogen) atoms. The zero-order chi connectivity index (χ0) is 25.7. The van der Waals surface area contributed by atoms with Crippen LogP contribution in [-0.2, 0) is 16.1 Å². The summed E-state index contributed by atoms with van der Waals surface area (Å²) < 4.78 is 0. The van der Waals surface area contributed by atoms with Gasteiger partial charge < -0.3 is 10.2 Å². The van der Waals surface area contributed by atoms with Gasteiger partial charge in [0.05, 0.1) is 11.1 Å². The summed E-state index contributed by atoms with van der Waals surface area (Å²) in [6.07, 6.45) is 5.69. The number of hydrogen-bond acceptors (Lipinski definition) is 4. The van der Waals surface area contributed by atoms with Crippen LogP contribution >= 0.6 is 11.6 Å². The van der Waals surface area contributed by atoms with Gasteiger partial charge in [0.1, 0.15) is 6.04 Å². The van der Waals surface area contributed by atoms with Gasteiger partial charge in [-0.2, -0.15) is 0 Å². The van der Waals surface area contributed by atoms with E-state index in [1.807, 2.05) is 18.2 Å². The van der Waals surface area contributed by atoms with Gasteiger partial charge in [0.25, 0.3) is 11.8 Å². The average Bonchev–Trinajstić information content (AvgIpc) is 3.13. The molecule has 1 aliphatic carbocycles. The average molecular weight is 510 g/mol. The number of hydrogen-bond donors (Lipinski definition) is 1. The van der Waals surface area contributed by atoms with Gasteiger partial charge in [0.15, 0.2) is 0 Å². The first-order chi connectivity index (χ1) is 17.4. The fourth-order valence-electron chi connectivity index (χ4n) is 4.94. The predicted octanol–water partition coefficient (Wildman–Crippen LogP) is 4.58. The molecule has 1 saturated carbocycles. The molecule has 1 fully saturated rings. The van der Waals surface area contributed by atoms with Crippen molar-refractivity contribution in [2.45, 2.75) is 70.5 Å². The van der Waals surface area contributed by atoms with Gasteiger partial charge in [0, 0.05) is 30.6 Å². The van der Waals surface area contributed by atoms with E-state index in [0.29, 0.717) is 22.6 Å². The SMILES string of the molecule is C[C@@H](C(=O)NC1CCCCC1)N(Cc1ccccc1Cl)C(=O)CCCN1C(=O)c2ccccc2C1=O. The van der Waals surface area contributed by atoms with E-state index in [1.54, 1.807) is 42.2 Å². The van der Waals surface area contributed by atoms with Crippen LogP contribution in [0, 0.1) is 0 Å². The van der Waals surface area contributed by atoms with Gasteiger partial charge in [-0.1, -0.05) is 61.2 Å². The van der Waals surface area contributed by atoms with E-state index in [0.717, 1.165) is 31.2 Å². The highest BCUT2D eigenvalue weighted by atomic mass is 35.5. The Kier molecular flexibility index (Phi) is 8.41. The molecular formula is C28H32ClN3O4. The Morgan fingerprint density at radius 3 is 2.25 bits per heavy atom. The minimum Gasteiger partial charge on any atom is -0.352 e. The Labute approximate surface area is 216 Å². The monoisotopic (exact) mass is 509 g/mol. The molecule has 2 aliphatic rings. The highest BCUT2D eigenvalue weighted by molar-refractivity contribution is 6.31. The lowest BCUT2D eigenvalue weighted by Crippen LogP contribution is -2.50. The number of benzene rings is 2.